The van der Waals surface area contributed by atoms with Crippen molar-refractivity contribution in [2.75, 3.05) is 26.7 Å². The van der Waals surface area contributed by atoms with Gasteiger partial charge < -0.3 is 9.47 Å². The van der Waals surface area contributed by atoms with Crippen LogP contribution >= 0.6 is 0 Å². The molecule has 0 N–H and O–H groups in total. The maximum absolute atomic E-state index is 13.2. The molecule has 3 atom stereocenters. The Kier molecular flexibility index (Phi) is 5.68. The van der Waals surface area contributed by atoms with Gasteiger partial charge in [0.25, 0.3) is 10.2 Å². The number of ether oxygens (including phenoxy) is 2. The van der Waals surface area contributed by atoms with Crippen LogP contribution in [0.15, 0.2) is 24.3 Å². The summed E-state index contributed by atoms with van der Waals surface area (Å²) < 4.78 is 40.8. The van der Waals surface area contributed by atoms with Gasteiger partial charge in [-0.15, -0.1) is 0 Å². The lowest BCUT2D eigenvalue weighted by molar-refractivity contribution is -0.0455. The Labute approximate surface area is 150 Å². The number of nitrogens with zero attached hydrogens (tertiary/aromatic N) is 2. The summed E-state index contributed by atoms with van der Waals surface area (Å²) in [5, 5.41) is 0. The van der Waals surface area contributed by atoms with Crippen molar-refractivity contribution in [1.82, 2.24) is 8.61 Å². The van der Waals surface area contributed by atoms with E-state index < -0.39 is 10.2 Å². The van der Waals surface area contributed by atoms with E-state index >= 15 is 0 Å². The number of para-hydroxylation sites is 1. The fraction of sp³-hybridized carbons (Fsp3) is 0.667. The Morgan fingerprint density at radius 2 is 1.88 bits per heavy atom. The van der Waals surface area contributed by atoms with E-state index in [9.17, 15) is 8.42 Å². The molecule has 7 heteroatoms. The highest BCUT2D eigenvalue weighted by Gasteiger charge is 2.40. The second-order valence-corrected chi connectivity index (χ2v) is 8.89. The van der Waals surface area contributed by atoms with Crippen molar-refractivity contribution in [3.8, 4) is 5.75 Å². The number of methoxy groups -OCH3 is 1. The molecule has 1 aromatic carbocycles. The van der Waals surface area contributed by atoms with Crippen molar-refractivity contribution in [2.45, 2.75) is 51.4 Å². The normalized spacial score (nSPS) is 29.0. The standard InChI is InChI=1S/C18H28N2O4S/c1-14-12-19(13-15(2)24-14)25(21,22)20-10-6-8-17(20)11-16-7-4-5-9-18(16)23-3/h4-5,7,9,14-15,17H,6,8,10-13H2,1-3H3. The summed E-state index contributed by atoms with van der Waals surface area (Å²) in [6, 6.07) is 7.82. The number of morpholine rings is 1. The van der Waals surface area contributed by atoms with Gasteiger partial charge in [-0.3, -0.25) is 0 Å². The summed E-state index contributed by atoms with van der Waals surface area (Å²) in [6.45, 7) is 5.28. The number of hydrogen-bond donors (Lipinski definition) is 0. The van der Waals surface area contributed by atoms with Gasteiger partial charge in [0.2, 0.25) is 0 Å². The summed E-state index contributed by atoms with van der Waals surface area (Å²) in [5.41, 5.74) is 1.06. The second kappa shape index (κ2) is 7.61. The summed E-state index contributed by atoms with van der Waals surface area (Å²) in [5.74, 6) is 0.820. The zero-order chi connectivity index (χ0) is 18.0. The van der Waals surface area contributed by atoms with E-state index in [-0.39, 0.29) is 18.2 Å². The smallest absolute Gasteiger partial charge is 0.282 e. The zero-order valence-corrected chi connectivity index (χ0v) is 16.0. The summed E-state index contributed by atoms with van der Waals surface area (Å²) in [7, 11) is -1.82. The molecule has 2 aliphatic heterocycles. The number of benzene rings is 1. The average Bonchev–Trinajstić information content (AvgIpc) is 3.03. The molecular weight excluding hydrogens is 340 g/mol. The topological polar surface area (TPSA) is 59.1 Å². The van der Waals surface area contributed by atoms with E-state index in [1.807, 2.05) is 38.1 Å². The van der Waals surface area contributed by atoms with E-state index in [1.165, 1.54) is 0 Å². The molecule has 25 heavy (non-hydrogen) atoms. The lowest BCUT2D eigenvalue weighted by Gasteiger charge is -2.38. The largest absolute Gasteiger partial charge is 0.496 e. The predicted molar refractivity (Wildman–Crippen MR) is 96.9 cm³/mol. The average molecular weight is 368 g/mol. The van der Waals surface area contributed by atoms with Gasteiger partial charge in [0.1, 0.15) is 5.75 Å². The van der Waals surface area contributed by atoms with Crippen molar-refractivity contribution in [1.29, 1.82) is 0 Å². The SMILES string of the molecule is COc1ccccc1CC1CCCN1S(=O)(=O)N1CC(C)OC(C)C1. The van der Waals surface area contributed by atoms with Crippen LogP contribution in [0.25, 0.3) is 0 Å². The Balaban J connectivity index is 1.78. The van der Waals surface area contributed by atoms with E-state index in [2.05, 4.69) is 0 Å². The molecular formula is C18H28N2O4S. The number of hydrogen-bond acceptors (Lipinski definition) is 4. The van der Waals surface area contributed by atoms with Gasteiger partial charge in [-0.2, -0.15) is 17.0 Å². The molecule has 3 rings (SSSR count). The molecule has 0 saturated carbocycles. The highest BCUT2D eigenvalue weighted by molar-refractivity contribution is 7.86. The molecule has 0 aromatic heterocycles. The van der Waals surface area contributed by atoms with Gasteiger partial charge in [0.15, 0.2) is 0 Å². The second-order valence-electron chi connectivity index (χ2n) is 7.00. The van der Waals surface area contributed by atoms with Gasteiger partial charge >= 0.3 is 0 Å². The minimum absolute atomic E-state index is 0.0187. The van der Waals surface area contributed by atoms with Gasteiger partial charge in [-0.25, -0.2) is 0 Å². The third-order valence-corrected chi connectivity index (χ3v) is 7.00. The van der Waals surface area contributed by atoms with Crippen molar-refractivity contribution in [3.63, 3.8) is 0 Å². The highest BCUT2D eigenvalue weighted by Crippen LogP contribution is 2.30. The van der Waals surface area contributed by atoms with Crippen LogP contribution in [0, 0.1) is 0 Å². The monoisotopic (exact) mass is 368 g/mol. The van der Waals surface area contributed by atoms with Gasteiger partial charge in [0.05, 0.1) is 19.3 Å². The fourth-order valence-corrected chi connectivity index (χ4v) is 5.92. The predicted octanol–water partition coefficient (Wildman–Crippen LogP) is 2.06. The molecule has 0 spiro atoms. The lowest BCUT2D eigenvalue weighted by Crippen LogP contribution is -2.54. The third-order valence-electron chi connectivity index (χ3n) is 4.98. The summed E-state index contributed by atoms with van der Waals surface area (Å²) in [4.78, 5) is 0. The zero-order valence-electron chi connectivity index (χ0n) is 15.2. The molecule has 140 valence electrons. The first kappa shape index (κ1) is 18.6. The van der Waals surface area contributed by atoms with Crippen LogP contribution in [-0.4, -0.2) is 62.0 Å². The molecule has 2 aliphatic rings. The maximum atomic E-state index is 13.2. The first-order valence-electron chi connectivity index (χ1n) is 8.96. The first-order valence-corrected chi connectivity index (χ1v) is 10.4. The molecule has 6 nitrogen and oxygen atoms in total. The molecule has 3 unspecified atom stereocenters. The van der Waals surface area contributed by atoms with Crippen LogP contribution in [0.5, 0.6) is 5.75 Å². The van der Waals surface area contributed by atoms with Crippen LogP contribution < -0.4 is 4.74 Å². The van der Waals surface area contributed by atoms with Gasteiger partial charge in [-0.1, -0.05) is 18.2 Å². The molecule has 2 saturated heterocycles. The van der Waals surface area contributed by atoms with Gasteiger partial charge in [-0.05, 0) is 44.7 Å². The van der Waals surface area contributed by atoms with Crippen molar-refractivity contribution < 1.29 is 17.9 Å². The molecule has 0 bridgehead atoms. The van der Waals surface area contributed by atoms with E-state index in [0.29, 0.717) is 26.1 Å². The Morgan fingerprint density at radius 1 is 1.20 bits per heavy atom. The van der Waals surface area contributed by atoms with Crippen LogP contribution in [0.4, 0.5) is 0 Å². The van der Waals surface area contributed by atoms with Crippen LogP contribution in [0.2, 0.25) is 0 Å². The first-order chi connectivity index (χ1) is 11.9. The lowest BCUT2D eigenvalue weighted by atomic mass is 10.0. The molecule has 0 aliphatic carbocycles. The quantitative estimate of drug-likeness (QED) is 0.798. The van der Waals surface area contributed by atoms with Gasteiger partial charge in [0, 0.05) is 25.7 Å². The van der Waals surface area contributed by atoms with E-state index in [4.69, 9.17) is 9.47 Å². The molecule has 1 aromatic rings. The summed E-state index contributed by atoms with van der Waals surface area (Å²) >= 11 is 0. The Bertz CT molecular complexity index is 684. The number of rotatable bonds is 5. The summed E-state index contributed by atoms with van der Waals surface area (Å²) in [6.07, 6.45) is 2.31. The van der Waals surface area contributed by atoms with E-state index in [1.54, 1.807) is 15.7 Å². The molecule has 0 radical (unpaired) electrons. The van der Waals surface area contributed by atoms with Crippen molar-refractivity contribution >= 4 is 10.2 Å². The molecule has 0 amide bonds. The van der Waals surface area contributed by atoms with Crippen molar-refractivity contribution in [3.05, 3.63) is 29.8 Å². The minimum Gasteiger partial charge on any atom is -0.496 e. The fourth-order valence-electron chi connectivity index (χ4n) is 3.91. The minimum atomic E-state index is -3.47. The van der Waals surface area contributed by atoms with Crippen LogP contribution in [0.1, 0.15) is 32.3 Å². The Morgan fingerprint density at radius 3 is 2.56 bits per heavy atom. The molecule has 2 heterocycles. The molecule has 2 fully saturated rings. The van der Waals surface area contributed by atoms with Crippen LogP contribution in [0.3, 0.4) is 0 Å². The van der Waals surface area contributed by atoms with Crippen molar-refractivity contribution in [2.24, 2.45) is 0 Å². The van der Waals surface area contributed by atoms with E-state index in [0.717, 1.165) is 24.2 Å². The maximum Gasteiger partial charge on any atom is 0.282 e. The Hall–Kier alpha value is -1.15. The highest BCUT2D eigenvalue weighted by atomic mass is 32.2. The third kappa shape index (κ3) is 4.00. The van der Waals surface area contributed by atoms with Crippen LogP contribution in [-0.2, 0) is 21.4 Å².